The van der Waals surface area contributed by atoms with Crippen LogP contribution in [0.15, 0.2) is 82.6 Å². The van der Waals surface area contributed by atoms with Crippen LogP contribution in [0.25, 0.3) is 0 Å². The van der Waals surface area contributed by atoms with Crippen molar-refractivity contribution in [1.82, 2.24) is 10.2 Å². The summed E-state index contributed by atoms with van der Waals surface area (Å²) in [6.07, 6.45) is 2.64. The minimum absolute atomic E-state index is 0.0509. The van der Waals surface area contributed by atoms with Crippen LogP contribution in [0.2, 0.25) is 5.02 Å². The summed E-state index contributed by atoms with van der Waals surface area (Å²) in [5, 5.41) is 3.37. The highest BCUT2D eigenvalue weighted by Gasteiger charge is 2.32. The maximum atomic E-state index is 14.0. The maximum Gasteiger partial charge on any atom is 0.264 e. The normalized spacial score (nSPS) is 11.9. The molecule has 0 radical (unpaired) electrons. The van der Waals surface area contributed by atoms with Crippen molar-refractivity contribution in [2.75, 3.05) is 30.3 Å². The molecular formula is C30H36ClN3O5S2. The first-order chi connectivity index (χ1) is 19.6. The van der Waals surface area contributed by atoms with Gasteiger partial charge in [-0.3, -0.25) is 13.9 Å². The predicted octanol–water partition coefficient (Wildman–Crippen LogP) is 5.60. The highest BCUT2D eigenvalue weighted by atomic mass is 35.5. The average Bonchev–Trinajstić information content (AvgIpc) is 2.98. The van der Waals surface area contributed by atoms with Crippen molar-refractivity contribution in [2.24, 2.45) is 0 Å². The van der Waals surface area contributed by atoms with Gasteiger partial charge in [-0.2, -0.15) is 0 Å². The van der Waals surface area contributed by atoms with Crippen molar-refractivity contribution in [1.29, 1.82) is 0 Å². The molecule has 0 saturated heterocycles. The van der Waals surface area contributed by atoms with E-state index < -0.39 is 28.5 Å². The zero-order chi connectivity index (χ0) is 30.0. The summed E-state index contributed by atoms with van der Waals surface area (Å²) in [7, 11) is -4.15. The fourth-order valence-electron chi connectivity index (χ4n) is 4.04. The van der Waals surface area contributed by atoms with Gasteiger partial charge in [0.05, 0.1) is 17.2 Å². The van der Waals surface area contributed by atoms with E-state index >= 15 is 0 Å². The summed E-state index contributed by atoms with van der Waals surface area (Å²) in [5.41, 5.74) is 1.05. The molecule has 2 amide bonds. The van der Waals surface area contributed by atoms with Gasteiger partial charge in [0.2, 0.25) is 11.8 Å². The molecule has 0 fully saturated rings. The molecule has 11 heteroatoms. The van der Waals surface area contributed by atoms with Gasteiger partial charge in [-0.05, 0) is 92.8 Å². The fraction of sp³-hybridized carbons (Fsp3) is 0.333. The Hall–Kier alpha value is -3.21. The monoisotopic (exact) mass is 617 g/mol. The van der Waals surface area contributed by atoms with Crippen molar-refractivity contribution in [2.45, 2.75) is 49.6 Å². The second-order valence-corrected chi connectivity index (χ2v) is 12.4. The third kappa shape index (κ3) is 8.64. The summed E-state index contributed by atoms with van der Waals surface area (Å²) in [6.45, 7) is 5.93. The molecule has 3 aromatic carbocycles. The van der Waals surface area contributed by atoms with Crippen molar-refractivity contribution in [3.63, 3.8) is 0 Å². The number of sulfonamides is 1. The van der Waals surface area contributed by atoms with Gasteiger partial charge < -0.3 is 15.0 Å². The Labute approximate surface area is 252 Å². The van der Waals surface area contributed by atoms with Crippen LogP contribution in [0.4, 0.5) is 5.69 Å². The molecule has 0 spiro atoms. The minimum Gasteiger partial charge on any atom is -0.494 e. The number of amides is 2. The Morgan fingerprint density at radius 2 is 1.61 bits per heavy atom. The van der Waals surface area contributed by atoms with Gasteiger partial charge in [-0.1, -0.05) is 30.7 Å². The van der Waals surface area contributed by atoms with Gasteiger partial charge in [0.1, 0.15) is 18.3 Å². The largest absolute Gasteiger partial charge is 0.494 e. The van der Waals surface area contributed by atoms with Crippen LogP contribution in [-0.2, 0) is 26.2 Å². The summed E-state index contributed by atoms with van der Waals surface area (Å²) in [5.74, 6) is -0.274. The van der Waals surface area contributed by atoms with Crippen LogP contribution in [0.1, 0.15) is 32.8 Å². The number of nitrogens with one attached hydrogen (secondary N) is 1. The number of ether oxygens (including phenoxy) is 1. The number of thioether (sulfide) groups is 1. The average molecular weight is 618 g/mol. The number of hydrogen-bond acceptors (Lipinski definition) is 6. The van der Waals surface area contributed by atoms with Crippen LogP contribution < -0.4 is 14.4 Å². The highest BCUT2D eigenvalue weighted by Crippen LogP contribution is 2.28. The summed E-state index contributed by atoms with van der Waals surface area (Å²) < 4.78 is 34.5. The van der Waals surface area contributed by atoms with Crippen LogP contribution in [-0.4, -0.2) is 57.1 Å². The SMILES string of the molecule is CCCNC(=O)[C@@H](C)N(Cc1ccc(Cl)cc1)C(=O)CN(c1ccc(OCC)cc1)S(=O)(=O)c1ccc(SC)cc1. The smallest absolute Gasteiger partial charge is 0.264 e. The molecule has 0 saturated carbocycles. The quantitative estimate of drug-likeness (QED) is 0.237. The van der Waals surface area contributed by atoms with Crippen LogP contribution in [0, 0.1) is 0 Å². The number of carbonyl (C=O) groups excluding carboxylic acids is 2. The third-order valence-electron chi connectivity index (χ3n) is 6.34. The third-order valence-corrected chi connectivity index (χ3v) is 9.13. The van der Waals surface area contributed by atoms with Crippen molar-refractivity contribution in [3.8, 4) is 5.75 Å². The predicted molar refractivity (Wildman–Crippen MR) is 165 cm³/mol. The molecule has 1 atom stereocenters. The first-order valence-electron chi connectivity index (χ1n) is 13.3. The molecule has 0 bridgehead atoms. The molecule has 41 heavy (non-hydrogen) atoms. The first kappa shape index (κ1) is 32.3. The van der Waals surface area contributed by atoms with E-state index in [1.165, 1.54) is 28.8 Å². The van der Waals surface area contributed by atoms with Crippen molar-refractivity contribution >= 4 is 50.9 Å². The molecule has 0 unspecified atom stereocenters. The molecule has 0 heterocycles. The van der Waals surface area contributed by atoms with Crippen molar-refractivity contribution < 1.29 is 22.7 Å². The lowest BCUT2D eigenvalue weighted by molar-refractivity contribution is -0.139. The van der Waals surface area contributed by atoms with E-state index in [0.29, 0.717) is 29.6 Å². The molecule has 3 rings (SSSR count). The molecule has 0 aliphatic carbocycles. The van der Waals surface area contributed by atoms with Crippen molar-refractivity contribution in [3.05, 3.63) is 83.4 Å². The lowest BCUT2D eigenvalue weighted by atomic mass is 10.1. The Morgan fingerprint density at radius 3 is 2.17 bits per heavy atom. The summed E-state index contributed by atoms with van der Waals surface area (Å²) >= 11 is 7.55. The lowest BCUT2D eigenvalue weighted by Crippen LogP contribution is -2.51. The number of halogens is 1. The molecule has 0 aliphatic heterocycles. The number of anilines is 1. The van der Waals surface area contributed by atoms with E-state index in [4.69, 9.17) is 16.3 Å². The van der Waals surface area contributed by atoms with E-state index in [1.54, 1.807) is 67.6 Å². The number of nitrogens with zero attached hydrogens (tertiary/aromatic N) is 2. The van der Waals surface area contributed by atoms with Gasteiger partial charge in [-0.25, -0.2) is 8.42 Å². The van der Waals surface area contributed by atoms with Gasteiger partial charge in [0, 0.05) is 23.0 Å². The van der Waals surface area contributed by atoms with Crippen LogP contribution in [0.5, 0.6) is 5.75 Å². The van der Waals surface area contributed by atoms with E-state index in [9.17, 15) is 18.0 Å². The fourth-order valence-corrected chi connectivity index (χ4v) is 5.99. The number of hydrogen-bond donors (Lipinski definition) is 1. The number of rotatable bonds is 14. The molecule has 0 aromatic heterocycles. The summed E-state index contributed by atoms with van der Waals surface area (Å²) in [6, 6.07) is 19.1. The molecule has 3 aromatic rings. The first-order valence-corrected chi connectivity index (χ1v) is 16.4. The van der Waals surface area contributed by atoms with Gasteiger partial charge in [0.15, 0.2) is 0 Å². The topological polar surface area (TPSA) is 96.0 Å². The molecule has 8 nitrogen and oxygen atoms in total. The van der Waals surface area contributed by atoms with Crippen LogP contribution in [0.3, 0.4) is 0 Å². The Morgan fingerprint density at radius 1 is 0.976 bits per heavy atom. The van der Waals surface area contributed by atoms with E-state index in [2.05, 4.69) is 5.32 Å². The zero-order valence-corrected chi connectivity index (χ0v) is 26.1. The molecule has 220 valence electrons. The zero-order valence-electron chi connectivity index (χ0n) is 23.7. The standard InChI is InChI=1S/C30H36ClN3O5S2/c1-5-19-32-30(36)22(3)33(20-23-7-9-24(31)10-8-23)29(35)21-34(25-11-13-26(14-12-25)39-6-2)41(37,38)28-17-15-27(40-4)16-18-28/h7-18,22H,5-6,19-21H2,1-4H3,(H,32,36)/t22-/m1/s1. The second-order valence-electron chi connectivity index (χ2n) is 9.23. The Balaban J connectivity index is 2.02. The van der Waals surface area contributed by atoms with E-state index in [-0.39, 0.29) is 17.3 Å². The Bertz CT molecular complexity index is 1400. The highest BCUT2D eigenvalue weighted by molar-refractivity contribution is 7.98. The van der Waals surface area contributed by atoms with E-state index in [1.807, 2.05) is 20.1 Å². The Kier molecular flexibility index (Phi) is 11.9. The second kappa shape index (κ2) is 15.1. The number of carbonyl (C=O) groups is 2. The molecular weight excluding hydrogens is 582 g/mol. The maximum absolute atomic E-state index is 14.0. The minimum atomic E-state index is -4.15. The van der Waals surface area contributed by atoms with Gasteiger partial charge in [-0.15, -0.1) is 11.8 Å². The lowest BCUT2D eigenvalue weighted by Gasteiger charge is -2.32. The van der Waals surface area contributed by atoms with Crippen LogP contribution >= 0.6 is 23.4 Å². The molecule has 1 N–H and O–H groups in total. The summed E-state index contributed by atoms with van der Waals surface area (Å²) in [4.78, 5) is 29.3. The van der Waals surface area contributed by atoms with Gasteiger partial charge >= 0.3 is 0 Å². The van der Waals surface area contributed by atoms with E-state index in [0.717, 1.165) is 21.2 Å². The van der Waals surface area contributed by atoms with Gasteiger partial charge in [0.25, 0.3) is 10.0 Å². The number of benzene rings is 3. The molecule has 0 aliphatic rings.